The number of halogens is 2. The van der Waals surface area contributed by atoms with Gasteiger partial charge in [0.2, 0.25) is 11.8 Å². The number of anilines is 2. The minimum absolute atomic E-state index is 0.0219. The summed E-state index contributed by atoms with van der Waals surface area (Å²) >= 11 is 0. The predicted octanol–water partition coefficient (Wildman–Crippen LogP) is 1.49. The topological polar surface area (TPSA) is 121 Å². The molecule has 0 bridgehead atoms. The van der Waals surface area contributed by atoms with Gasteiger partial charge in [0.1, 0.15) is 5.69 Å². The minimum atomic E-state index is -1.04. The van der Waals surface area contributed by atoms with Crippen LogP contribution in [0.1, 0.15) is 0 Å². The van der Waals surface area contributed by atoms with E-state index in [1.165, 1.54) is 0 Å². The number of nitrogens with two attached hydrogens (primary N) is 2. The molecule has 2 rings (SSSR count). The second kappa shape index (κ2) is 4.44. The molecule has 0 fully saturated rings. The van der Waals surface area contributed by atoms with Crippen LogP contribution in [0.5, 0.6) is 0 Å². The standard InChI is InChI=1S/C10H7F2N5O2/c11-5-2-1-4(3-6(5)17(18)19)8-7(12)9(13)16-10(14)15-8/h1-3H,(H4,13,14,15,16). The number of hydrogen-bond acceptors (Lipinski definition) is 6. The van der Waals surface area contributed by atoms with Crippen LogP contribution in [0.25, 0.3) is 11.3 Å². The quantitative estimate of drug-likeness (QED) is 0.628. The van der Waals surface area contributed by atoms with Crippen LogP contribution in [-0.2, 0) is 0 Å². The van der Waals surface area contributed by atoms with E-state index in [4.69, 9.17) is 11.5 Å². The molecule has 0 atom stereocenters. The van der Waals surface area contributed by atoms with Crippen LogP contribution >= 0.6 is 0 Å². The lowest BCUT2D eigenvalue weighted by Crippen LogP contribution is -2.05. The van der Waals surface area contributed by atoms with Gasteiger partial charge in [-0.25, -0.2) is 9.37 Å². The molecule has 0 spiro atoms. The summed E-state index contributed by atoms with van der Waals surface area (Å²) in [5.41, 5.74) is 9.44. The molecule has 2 aromatic rings. The van der Waals surface area contributed by atoms with E-state index in [1.807, 2.05) is 0 Å². The Labute approximate surface area is 105 Å². The Morgan fingerprint density at radius 1 is 1.21 bits per heavy atom. The molecule has 1 aromatic carbocycles. The van der Waals surface area contributed by atoms with E-state index in [-0.39, 0.29) is 17.2 Å². The molecule has 9 heteroatoms. The van der Waals surface area contributed by atoms with Gasteiger partial charge in [0.05, 0.1) is 4.92 Å². The zero-order chi connectivity index (χ0) is 14.2. The maximum Gasteiger partial charge on any atom is 0.305 e. The molecule has 0 saturated carbocycles. The van der Waals surface area contributed by atoms with Gasteiger partial charge >= 0.3 is 5.69 Å². The molecule has 19 heavy (non-hydrogen) atoms. The van der Waals surface area contributed by atoms with Gasteiger partial charge in [-0.2, -0.15) is 9.37 Å². The smallest absolute Gasteiger partial charge is 0.305 e. The van der Waals surface area contributed by atoms with Gasteiger partial charge in [-0.15, -0.1) is 0 Å². The fourth-order valence-electron chi connectivity index (χ4n) is 1.47. The summed E-state index contributed by atoms with van der Waals surface area (Å²) in [7, 11) is 0. The Kier molecular flexibility index (Phi) is 2.95. The number of hydrogen-bond donors (Lipinski definition) is 2. The summed E-state index contributed by atoms with van der Waals surface area (Å²) in [6, 6.07) is 2.81. The zero-order valence-corrected chi connectivity index (χ0v) is 9.30. The van der Waals surface area contributed by atoms with Gasteiger partial charge in [0.25, 0.3) is 0 Å². The van der Waals surface area contributed by atoms with Crippen molar-refractivity contribution in [2.45, 2.75) is 0 Å². The molecule has 0 aliphatic rings. The van der Waals surface area contributed by atoms with Crippen LogP contribution in [-0.4, -0.2) is 14.9 Å². The predicted molar refractivity (Wildman–Crippen MR) is 62.9 cm³/mol. The summed E-state index contributed by atoms with van der Waals surface area (Å²) in [5, 5.41) is 10.6. The van der Waals surface area contributed by atoms with E-state index in [2.05, 4.69) is 9.97 Å². The maximum atomic E-state index is 13.7. The molecule has 0 radical (unpaired) electrons. The maximum absolute atomic E-state index is 13.7. The number of rotatable bonds is 2. The summed E-state index contributed by atoms with van der Waals surface area (Å²) in [6.45, 7) is 0. The molecular weight excluding hydrogens is 260 g/mol. The molecular formula is C10H7F2N5O2. The lowest BCUT2D eigenvalue weighted by Gasteiger charge is -2.05. The van der Waals surface area contributed by atoms with Crippen LogP contribution in [0.3, 0.4) is 0 Å². The molecule has 1 aromatic heterocycles. The van der Waals surface area contributed by atoms with E-state index in [9.17, 15) is 18.9 Å². The first-order valence-electron chi connectivity index (χ1n) is 4.93. The highest BCUT2D eigenvalue weighted by atomic mass is 19.1. The molecule has 0 amide bonds. The highest BCUT2D eigenvalue weighted by Gasteiger charge is 2.19. The number of aromatic nitrogens is 2. The average molecular weight is 267 g/mol. The average Bonchev–Trinajstić information content (AvgIpc) is 2.34. The second-order valence-corrected chi connectivity index (χ2v) is 3.55. The Morgan fingerprint density at radius 3 is 2.53 bits per heavy atom. The van der Waals surface area contributed by atoms with Crippen molar-refractivity contribution < 1.29 is 13.7 Å². The largest absolute Gasteiger partial charge is 0.381 e. The van der Waals surface area contributed by atoms with Gasteiger partial charge in [-0.1, -0.05) is 0 Å². The van der Waals surface area contributed by atoms with Crippen molar-refractivity contribution in [2.75, 3.05) is 11.5 Å². The summed E-state index contributed by atoms with van der Waals surface area (Å²) in [6.07, 6.45) is 0. The fraction of sp³-hybridized carbons (Fsp3) is 0. The van der Waals surface area contributed by atoms with Crippen molar-refractivity contribution in [3.63, 3.8) is 0 Å². The molecule has 0 saturated heterocycles. The SMILES string of the molecule is Nc1nc(N)c(F)c(-c2ccc(F)c([N+](=O)[O-])c2)n1. The van der Waals surface area contributed by atoms with Crippen molar-refractivity contribution in [1.82, 2.24) is 9.97 Å². The van der Waals surface area contributed by atoms with Crippen LogP contribution in [0.15, 0.2) is 18.2 Å². The third-order valence-corrected chi connectivity index (χ3v) is 2.31. The summed E-state index contributed by atoms with van der Waals surface area (Å²) < 4.78 is 26.9. The van der Waals surface area contributed by atoms with Crippen LogP contribution < -0.4 is 11.5 Å². The Morgan fingerprint density at radius 2 is 1.89 bits per heavy atom. The van der Waals surface area contributed by atoms with E-state index in [0.29, 0.717) is 0 Å². The van der Waals surface area contributed by atoms with Crippen LogP contribution in [0, 0.1) is 21.7 Å². The van der Waals surface area contributed by atoms with Crippen molar-refractivity contribution in [3.05, 3.63) is 39.9 Å². The number of nitrogen functional groups attached to an aromatic ring is 2. The highest BCUT2D eigenvalue weighted by Crippen LogP contribution is 2.28. The minimum Gasteiger partial charge on any atom is -0.381 e. The molecule has 0 unspecified atom stereocenters. The van der Waals surface area contributed by atoms with Gasteiger partial charge in [-0.05, 0) is 12.1 Å². The first-order chi connectivity index (χ1) is 8.90. The first-order valence-corrected chi connectivity index (χ1v) is 4.93. The molecule has 1 heterocycles. The van der Waals surface area contributed by atoms with Crippen molar-refractivity contribution in [3.8, 4) is 11.3 Å². The Bertz CT molecular complexity index is 677. The van der Waals surface area contributed by atoms with Crippen LogP contribution in [0.4, 0.5) is 26.2 Å². The number of benzene rings is 1. The van der Waals surface area contributed by atoms with E-state index in [0.717, 1.165) is 18.2 Å². The third kappa shape index (κ3) is 2.25. The van der Waals surface area contributed by atoms with Crippen molar-refractivity contribution >= 4 is 17.5 Å². The van der Waals surface area contributed by atoms with Gasteiger partial charge in [-0.3, -0.25) is 10.1 Å². The number of nitro groups is 1. The van der Waals surface area contributed by atoms with Crippen LogP contribution in [0.2, 0.25) is 0 Å². The van der Waals surface area contributed by atoms with E-state index in [1.54, 1.807) is 0 Å². The number of nitrogens with zero attached hydrogens (tertiary/aromatic N) is 3. The van der Waals surface area contributed by atoms with Gasteiger partial charge in [0, 0.05) is 11.6 Å². The summed E-state index contributed by atoms with van der Waals surface area (Å²) in [5.74, 6) is -2.80. The third-order valence-electron chi connectivity index (χ3n) is 2.31. The van der Waals surface area contributed by atoms with Crippen molar-refractivity contribution in [1.29, 1.82) is 0 Å². The Hall–Kier alpha value is -2.84. The molecule has 7 nitrogen and oxygen atoms in total. The monoisotopic (exact) mass is 267 g/mol. The first kappa shape index (κ1) is 12.6. The fourth-order valence-corrected chi connectivity index (χ4v) is 1.47. The second-order valence-electron chi connectivity index (χ2n) is 3.55. The molecule has 98 valence electrons. The molecule has 0 aliphatic carbocycles. The normalized spacial score (nSPS) is 10.4. The lowest BCUT2D eigenvalue weighted by molar-refractivity contribution is -0.387. The van der Waals surface area contributed by atoms with Crippen molar-refractivity contribution in [2.24, 2.45) is 0 Å². The van der Waals surface area contributed by atoms with E-state index >= 15 is 0 Å². The lowest BCUT2D eigenvalue weighted by atomic mass is 10.1. The highest BCUT2D eigenvalue weighted by molar-refractivity contribution is 5.67. The zero-order valence-electron chi connectivity index (χ0n) is 9.30. The van der Waals surface area contributed by atoms with E-state index < -0.39 is 28.1 Å². The number of nitro benzene ring substituents is 1. The molecule has 4 N–H and O–H groups in total. The van der Waals surface area contributed by atoms with Gasteiger partial charge < -0.3 is 11.5 Å². The van der Waals surface area contributed by atoms with Gasteiger partial charge in [0.15, 0.2) is 11.6 Å². The molecule has 0 aliphatic heterocycles. The summed E-state index contributed by atoms with van der Waals surface area (Å²) in [4.78, 5) is 16.7. The Balaban J connectivity index is 2.66.